The summed E-state index contributed by atoms with van der Waals surface area (Å²) in [5, 5.41) is 0. The van der Waals surface area contributed by atoms with E-state index in [2.05, 4.69) is 37.5 Å². The Morgan fingerprint density at radius 1 is 1.39 bits per heavy atom. The summed E-state index contributed by atoms with van der Waals surface area (Å²) in [5.41, 5.74) is 1.19. The summed E-state index contributed by atoms with van der Waals surface area (Å²) < 4.78 is 2.07. The van der Waals surface area contributed by atoms with E-state index in [1.54, 1.807) is 12.5 Å². The standard InChI is InChI=1S/C13H17N5/c1-17(6-7-18-5-4-14-10-18)13-8-12(11-2-3-11)15-9-16-13/h4-5,8-11H,2-3,6-7H2,1H3. The quantitative estimate of drug-likeness (QED) is 0.801. The van der Waals surface area contributed by atoms with Crippen LogP contribution >= 0.6 is 0 Å². The number of hydrogen-bond donors (Lipinski definition) is 0. The minimum absolute atomic E-state index is 0.675. The minimum atomic E-state index is 0.675. The maximum Gasteiger partial charge on any atom is 0.131 e. The average Bonchev–Trinajstić information content (AvgIpc) is 3.13. The van der Waals surface area contributed by atoms with Crippen LogP contribution in [0.2, 0.25) is 0 Å². The molecular formula is C13H17N5. The highest BCUT2D eigenvalue weighted by atomic mass is 15.2. The molecule has 2 aromatic rings. The van der Waals surface area contributed by atoms with Gasteiger partial charge in [0.15, 0.2) is 0 Å². The van der Waals surface area contributed by atoms with Gasteiger partial charge in [-0.2, -0.15) is 0 Å². The van der Waals surface area contributed by atoms with Crippen LogP contribution in [-0.2, 0) is 6.54 Å². The Bertz CT molecular complexity index is 504. The molecule has 1 aliphatic carbocycles. The fraction of sp³-hybridized carbons (Fsp3) is 0.462. The fourth-order valence-electron chi connectivity index (χ4n) is 1.97. The smallest absolute Gasteiger partial charge is 0.131 e. The predicted octanol–water partition coefficient (Wildman–Crippen LogP) is 1.69. The molecule has 0 aliphatic heterocycles. The van der Waals surface area contributed by atoms with Crippen LogP contribution in [0.25, 0.3) is 0 Å². The van der Waals surface area contributed by atoms with E-state index in [-0.39, 0.29) is 0 Å². The Kier molecular flexibility index (Phi) is 2.96. The number of likely N-dealkylation sites (N-methyl/N-ethyl adjacent to an activating group) is 1. The highest BCUT2D eigenvalue weighted by Crippen LogP contribution is 2.39. The van der Waals surface area contributed by atoms with Crippen molar-refractivity contribution in [2.75, 3.05) is 18.5 Å². The number of anilines is 1. The molecule has 0 unspecified atom stereocenters. The van der Waals surface area contributed by atoms with Crippen LogP contribution in [0.4, 0.5) is 5.82 Å². The molecule has 1 aliphatic rings. The largest absolute Gasteiger partial charge is 0.358 e. The number of nitrogens with zero attached hydrogens (tertiary/aromatic N) is 5. The van der Waals surface area contributed by atoms with Crippen molar-refractivity contribution in [3.63, 3.8) is 0 Å². The van der Waals surface area contributed by atoms with E-state index in [0.29, 0.717) is 5.92 Å². The molecule has 0 atom stereocenters. The molecule has 5 heteroatoms. The van der Waals surface area contributed by atoms with Gasteiger partial charge in [0, 0.05) is 50.2 Å². The first kappa shape index (κ1) is 11.2. The van der Waals surface area contributed by atoms with E-state index in [0.717, 1.165) is 18.9 Å². The van der Waals surface area contributed by atoms with Gasteiger partial charge >= 0.3 is 0 Å². The fourth-order valence-corrected chi connectivity index (χ4v) is 1.97. The molecule has 0 amide bonds. The number of hydrogen-bond acceptors (Lipinski definition) is 4. The molecule has 5 nitrogen and oxygen atoms in total. The third kappa shape index (κ3) is 2.50. The molecule has 0 radical (unpaired) electrons. The zero-order valence-corrected chi connectivity index (χ0v) is 10.5. The van der Waals surface area contributed by atoms with Crippen molar-refractivity contribution in [2.24, 2.45) is 0 Å². The van der Waals surface area contributed by atoms with Crippen LogP contribution in [0.5, 0.6) is 0 Å². The Balaban J connectivity index is 1.64. The first-order chi connectivity index (χ1) is 8.83. The lowest BCUT2D eigenvalue weighted by Crippen LogP contribution is -2.23. The Morgan fingerprint density at radius 3 is 3.00 bits per heavy atom. The second kappa shape index (κ2) is 4.76. The average molecular weight is 243 g/mol. The lowest BCUT2D eigenvalue weighted by atomic mass is 10.3. The summed E-state index contributed by atoms with van der Waals surface area (Å²) in [7, 11) is 2.07. The van der Waals surface area contributed by atoms with Gasteiger partial charge < -0.3 is 9.47 Å². The molecule has 18 heavy (non-hydrogen) atoms. The monoisotopic (exact) mass is 243 g/mol. The van der Waals surface area contributed by atoms with Gasteiger partial charge in [-0.05, 0) is 12.8 Å². The SMILES string of the molecule is CN(CCn1ccnc1)c1cc(C2CC2)ncn1. The summed E-state index contributed by atoms with van der Waals surface area (Å²) in [4.78, 5) is 14.9. The van der Waals surface area contributed by atoms with E-state index >= 15 is 0 Å². The topological polar surface area (TPSA) is 46.8 Å². The van der Waals surface area contributed by atoms with Gasteiger partial charge in [-0.25, -0.2) is 15.0 Å². The molecule has 0 spiro atoms. The van der Waals surface area contributed by atoms with Gasteiger partial charge in [0.25, 0.3) is 0 Å². The van der Waals surface area contributed by atoms with E-state index in [1.165, 1.54) is 18.5 Å². The van der Waals surface area contributed by atoms with E-state index in [1.807, 2.05) is 12.5 Å². The summed E-state index contributed by atoms with van der Waals surface area (Å²) in [5.74, 6) is 1.68. The van der Waals surface area contributed by atoms with Crippen molar-refractivity contribution in [1.82, 2.24) is 19.5 Å². The first-order valence-corrected chi connectivity index (χ1v) is 6.32. The highest BCUT2D eigenvalue weighted by molar-refractivity contribution is 5.39. The lowest BCUT2D eigenvalue weighted by molar-refractivity contribution is 0.679. The molecule has 2 aromatic heterocycles. The Labute approximate surface area is 107 Å². The molecule has 0 saturated heterocycles. The summed E-state index contributed by atoms with van der Waals surface area (Å²) >= 11 is 0. The van der Waals surface area contributed by atoms with Crippen LogP contribution in [0.15, 0.2) is 31.1 Å². The zero-order chi connectivity index (χ0) is 12.4. The number of imidazole rings is 1. The van der Waals surface area contributed by atoms with Crippen LogP contribution in [-0.4, -0.2) is 33.1 Å². The molecule has 1 fully saturated rings. The van der Waals surface area contributed by atoms with Gasteiger partial charge in [0.1, 0.15) is 12.1 Å². The number of rotatable bonds is 5. The predicted molar refractivity (Wildman–Crippen MR) is 69.5 cm³/mol. The summed E-state index contributed by atoms with van der Waals surface area (Å²) in [6.07, 6.45) is 9.84. The van der Waals surface area contributed by atoms with Gasteiger partial charge in [0.05, 0.1) is 6.33 Å². The van der Waals surface area contributed by atoms with Crippen molar-refractivity contribution >= 4 is 5.82 Å². The maximum absolute atomic E-state index is 4.34. The van der Waals surface area contributed by atoms with E-state index in [9.17, 15) is 0 Å². The van der Waals surface area contributed by atoms with Gasteiger partial charge in [0.2, 0.25) is 0 Å². The second-order valence-corrected chi connectivity index (χ2v) is 4.80. The van der Waals surface area contributed by atoms with E-state index < -0.39 is 0 Å². The third-order valence-electron chi connectivity index (χ3n) is 3.31. The van der Waals surface area contributed by atoms with Crippen molar-refractivity contribution in [3.8, 4) is 0 Å². The van der Waals surface area contributed by atoms with Crippen molar-refractivity contribution < 1.29 is 0 Å². The molecule has 0 bridgehead atoms. The molecule has 0 aromatic carbocycles. The Morgan fingerprint density at radius 2 is 2.28 bits per heavy atom. The van der Waals surface area contributed by atoms with Crippen LogP contribution in [0, 0.1) is 0 Å². The zero-order valence-electron chi connectivity index (χ0n) is 10.5. The summed E-state index contributed by atoms with van der Waals surface area (Å²) in [6, 6.07) is 2.12. The molecule has 94 valence electrons. The first-order valence-electron chi connectivity index (χ1n) is 6.32. The minimum Gasteiger partial charge on any atom is -0.358 e. The second-order valence-electron chi connectivity index (χ2n) is 4.80. The molecule has 3 rings (SSSR count). The third-order valence-corrected chi connectivity index (χ3v) is 3.31. The molecule has 2 heterocycles. The van der Waals surface area contributed by atoms with Crippen molar-refractivity contribution in [2.45, 2.75) is 25.3 Å². The lowest BCUT2D eigenvalue weighted by Gasteiger charge is -2.18. The highest BCUT2D eigenvalue weighted by Gasteiger charge is 2.25. The van der Waals surface area contributed by atoms with Crippen LogP contribution < -0.4 is 4.90 Å². The van der Waals surface area contributed by atoms with Gasteiger partial charge in [-0.3, -0.25) is 0 Å². The maximum atomic E-state index is 4.34. The van der Waals surface area contributed by atoms with Crippen molar-refractivity contribution in [1.29, 1.82) is 0 Å². The van der Waals surface area contributed by atoms with Crippen molar-refractivity contribution in [3.05, 3.63) is 36.8 Å². The normalized spacial score (nSPS) is 14.7. The van der Waals surface area contributed by atoms with Gasteiger partial charge in [-0.15, -0.1) is 0 Å². The number of aromatic nitrogens is 4. The van der Waals surface area contributed by atoms with E-state index in [4.69, 9.17) is 0 Å². The molecule has 0 N–H and O–H groups in total. The summed E-state index contributed by atoms with van der Waals surface area (Å²) in [6.45, 7) is 1.83. The molecule has 1 saturated carbocycles. The van der Waals surface area contributed by atoms with Crippen LogP contribution in [0.1, 0.15) is 24.5 Å². The Hall–Kier alpha value is -1.91. The molecular weight excluding hydrogens is 226 g/mol. The van der Waals surface area contributed by atoms with Crippen LogP contribution in [0.3, 0.4) is 0 Å². The van der Waals surface area contributed by atoms with Gasteiger partial charge in [-0.1, -0.05) is 0 Å².